The molecule has 0 saturated carbocycles. The molecule has 3 rings (SSSR count). The standard InChI is InChI=1S/C19H21F2N3OS/c1-23-11-12-24(17(13-23)14-5-3-2-4-6-14)19(26)22-15-7-9-16(10-8-15)25-18(20)21/h2-10,17-18H,11-13H2,1H3,(H,22,26)/p+1/t17-/m0/s1. The number of halogens is 2. The summed E-state index contributed by atoms with van der Waals surface area (Å²) in [4.78, 5) is 3.66. The van der Waals surface area contributed by atoms with Gasteiger partial charge in [0.05, 0.1) is 20.1 Å². The van der Waals surface area contributed by atoms with E-state index in [0.717, 1.165) is 25.3 Å². The molecule has 7 heteroatoms. The average Bonchev–Trinajstić information content (AvgIpc) is 2.63. The Hall–Kier alpha value is -2.25. The lowest BCUT2D eigenvalue weighted by Gasteiger charge is -2.39. The SMILES string of the molecule is C[NH+]1CCN(C(=S)Nc2ccc(OC(F)F)cc2)[C@H](c2ccccc2)C1. The molecule has 2 atom stereocenters. The van der Waals surface area contributed by atoms with Crippen molar-refractivity contribution in [3.63, 3.8) is 0 Å². The van der Waals surface area contributed by atoms with E-state index in [2.05, 4.69) is 34.1 Å². The molecule has 1 fully saturated rings. The number of anilines is 1. The van der Waals surface area contributed by atoms with Gasteiger partial charge in [0.2, 0.25) is 0 Å². The number of alkyl halides is 2. The van der Waals surface area contributed by atoms with Gasteiger partial charge in [-0.25, -0.2) is 0 Å². The predicted molar refractivity (Wildman–Crippen MR) is 102 cm³/mol. The summed E-state index contributed by atoms with van der Waals surface area (Å²) < 4.78 is 28.9. The van der Waals surface area contributed by atoms with Gasteiger partial charge in [-0.1, -0.05) is 30.3 Å². The lowest BCUT2D eigenvalue weighted by molar-refractivity contribution is -0.887. The molecule has 26 heavy (non-hydrogen) atoms. The van der Waals surface area contributed by atoms with E-state index in [0.29, 0.717) is 5.11 Å². The number of ether oxygens (including phenoxy) is 1. The first-order chi connectivity index (χ1) is 12.5. The third-order valence-electron chi connectivity index (χ3n) is 4.47. The highest BCUT2D eigenvalue weighted by atomic mass is 32.1. The van der Waals surface area contributed by atoms with Crippen LogP contribution in [0.2, 0.25) is 0 Å². The first-order valence-electron chi connectivity index (χ1n) is 8.51. The first-order valence-corrected chi connectivity index (χ1v) is 8.92. The molecule has 138 valence electrons. The number of piperazine rings is 1. The van der Waals surface area contributed by atoms with E-state index in [-0.39, 0.29) is 11.8 Å². The van der Waals surface area contributed by atoms with Gasteiger partial charge < -0.3 is 19.9 Å². The molecule has 4 nitrogen and oxygen atoms in total. The molecule has 1 aliphatic heterocycles. The number of nitrogens with one attached hydrogen (secondary N) is 2. The van der Waals surface area contributed by atoms with Crippen LogP contribution in [0.4, 0.5) is 14.5 Å². The minimum atomic E-state index is -2.82. The number of quaternary nitrogens is 1. The quantitative estimate of drug-likeness (QED) is 0.801. The molecule has 1 saturated heterocycles. The van der Waals surface area contributed by atoms with E-state index < -0.39 is 6.61 Å². The highest BCUT2D eigenvalue weighted by Crippen LogP contribution is 2.23. The first kappa shape index (κ1) is 18.5. The van der Waals surface area contributed by atoms with Crippen LogP contribution in [0.3, 0.4) is 0 Å². The molecule has 0 spiro atoms. The fourth-order valence-electron chi connectivity index (χ4n) is 3.14. The lowest BCUT2D eigenvalue weighted by atomic mass is 10.0. The zero-order valence-corrected chi connectivity index (χ0v) is 15.3. The minimum absolute atomic E-state index is 0.127. The van der Waals surface area contributed by atoms with Gasteiger partial charge >= 0.3 is 6.61 Å². The molecule has 1 aliphatic rings. The van der Waals surface area contributed by atoms with Gasteiger partial charge in [-0.15, -0.1) is 0 Å². The molecular formula is C19H22F2N3OS+. The van der Waals surface area contributed by atoms with Gasteiger partial charge in [0, 0.05) is 5.69 Å². The molecule has 2 aromatic rings. The monoisotopic (exact) mass is 378 g/mol. The maximum absolute atomic E-state index is 12.2. The summed E-state index contributed by atoms with van der Waals surface area (Å²) in [5, 5.41) is 3.85. The maximum Gasteiger partial charge on any atom is 0.387 e. The van der Waals surface area contributed by atoms with Crippen molar-refractivity contribution >= 4 is 23.0 Å². The number of rotatable bonds is 4. The van der Waals surface area contributed by atoms with Crippen LogP contribution >= 0.6 is 12.2 Å². The van der Waals surface area contributed by atoms with Crippen molar-refractivity contribution in [2.24, 2.45) is 0 Å². The zero-order chi connectivity index (χ0) is 18.5. The van der Waals surface area contributed by atoms with Crippen molar-refractivity contribution in [2.45, 2.75) is 12.7 Å². The van der Waals surface area contributed by atoms with E-state index in [4.69, 9.17) is 12.2 Å². The fourth-order valence-corrected chi connectivity index (χ4v) is 3.48. The minimum Gasteiger partial charge on any atom is -0.435 e. The topological polar surface area (TPSA) is 28.9 Å². The second-order valence-corrected chi connectivity index (χ2v) is 6.75. The largest absolute Gasteiger partial charge is 0.435 e. The molecule has 2 aromatic carbocycles. The summed E-state index contributed by atoms with van der Waals surface area (Å²) in [5.41, 5.74) is 1.98. The normalized spacial score (nSPS) is 20.1. The highest BCUT2D eigenvalue weighted by Gasteiger charge is 2.30. The maximum atomic E-state index is 12.2. The van der Waals surface area contributed by atoms with E-state index >= 15 is 0 Å². The number of nitrogens with zero attached hydrogens (tertiary/aromatic N) is 1. The Morgan fingerprint density at radius 1 is 1.19 bits per heavy atom. The summed E-state index contributed by atoms with van der Waals surface area (Å²) in [6.07, 6.45) is 0. The van der Waals surface area contributed by atoms with Crippen LogP contribution in [0.1, 0.15) is 11.6 Å². The van der Waals surface area contributed by atoms with Gasteiger partial charge in [0.15, 0.2) is 5.11 Å². The smallest absolute Gasteiger partial charge is 0.387 e. The Morgan fingerprint density at radius 3 is 2.54 bits per heavy atom. The van der Waals surface area contributed by atoms with Crippen molar-refractivity contribution in [3.8, 4) is 5.75 Å². The second kappa shape index (κ2) is 8.42. The summed E-state index contributed by atoms with van der Waals surface area (Å²) in [6.45, 7) is -0.00213. The van der Waals surface area contributed by atoms with Crippen LogP contribution in [0.5, 0.6) is 5.75 Å². The van der Waals surface area contributed by atoms with Gasteiger partial charge in [0.25, 0.3) is 0 Å². The molecule has 1 heterocycles. The summed E-state index contributed by atoms with van der Waals surface area (Å²) >= 11 is 5.63. The Balaban J connectivity index is 1.71. The van der Waals surface area contributed by atoms with Crippen molar-refractivity contribution in [3.05, 3.63) is 60.2 Å². The Bertz CT molecular complexity index is 727. The van der Waals surface area contributed by atoms with Crippen LogP contribution in [0, 0.1) is 0 Å². The molecule has 0 bridgehead atoms. The fraction of sp³-hybridized carbons (Fsp3) is 0.316. The van der Waals surface area contributed by atoms with E-state index in [1.165, 1.54) is 22.6 Å². The number of hydrogen-bond acceptors (Lipinski definition) is 2. The van der Waals surface area contributed by atoms with E-state index in [1.807, 2.05) is 18.2 Å². The molecule has 1 unspecified atom stereocenters. The number of thiocarbonyl (C=S) groups is 1. The summed E-state index contributed by atoms with van der Waals surface area (Å²) in [5.74, 6) is 0.127. The predicted octanol–water partition coefficient (Wildman–Crippen LogP) is 2.56. The van der Waals surface area contributed by atoms with Gasteiger partial charge in [-0.2, -0.15) is 8.78 Å². The number of benzene rings is 2. The Labute approximate surface area is 157 Å². The van der Waals surface area contributed by atoms with Crippen molar-refractivity contribution in [1.29, 1.82) is 0 Å². The third-order valence-corrected chi connectivity index (χ3v) is 4.81. The Morgan fingerprint density at radius 2 is 1.88 bits per heavy atom. The van der Waals surface area contributed by atoms with Crippen molar-refractivity contribution in [2.75, 3.05) is 32.0 Å². The molecule has 0 aromatic heterocycles. The van der Waals surface area contributed by atoms with Crippen LogP contribution < -0.4 is 15.0 Å². The van der Waals surface area contributed by atoms with E-state index in [9.17, 15) is 8.78 Å². The summed E-state index contributed by atoms with van der Waals surface area (Å²) in [6, 6.07) is 16.9. The number of likely N-dealkylation sites (N-methyl/N-ethyl adjacent to an activating group) is 1. The van der Waals surface area contributed by atoms with Crippen LogP contribution in [0.25, 0.3) is 0 Å². The van der Waals surface area contributed by atoms with Crippen LogP contribution in [0.15, 0.2) is 54.6 Å². The van der Waals surface area contributed by atoms with Crippen LogP contribution in [-0.2, 0) is 0 Å². The van der Waals surface area contributed by atoms with Crippen LogP contribution in [-0.4, -0.2) is 43.3 Å². The average molecular weight is 378 g/mol. The Kier molecular flexibility index (Phi) is 6.00. The van der Waals surface area contributed by atoms with Gasteiger partial charge in [0.1, 0.15) is 18.3 Å². The molecule has 0 aliphatic carbocycles. The molecular weight excluding hydrogens is 356 g/mol. The molecule has 0 amide bonds. The van der Waals surface area contributed by atoms with Crippen molar-refractivity contribution < 1.29 is 18.4 Å². The van der Waals surface area contributed by atoms with Crippen molar-refractivity contribution in [1.82, 2.24) is 4.90 Å². The second-order valence-electron chi connectivity index (χ2n) is 6.36. The van der Waals surface area contributed by atoms with E-state index in [1.54, 1.807) is 12.1 Å². The highest BCUT2D eigenvalue weighted by molar-refractivity contribution is 7.80. The third kappa shape index (κ3) is 4.68. The zero-order valence-electron chi connectivity index (χ0n) is 14.5. The van der Waals surface area contributed by atoms with Gasteiger partial charge in [-0.3, -0.25) is 0 Å². The molecule has 2 N–H and O–H groups in total. The van der Waals surface area contributed by atoms with Gasteiger partial charge in [-0.05, 0) is 42.0 Å². The lowest BCUT2D eigenvalue weighted by Crippen LogP contribution is -3.12. The molecule has 0 radical (unpaired) electrons. The number of hydrogen-bond donors (Lipinski definition) is 2. The summed E-state index contributed by atoms with van der Waals surface area (Å²) in [7, 11) is 2.19.